The van der Waals surface area contributed by atoms with E-state index in [1.54, 1.807) is 19.1 Å². The lowest BCUT2D eigenvalue weighted by atomic mass is 10.0. The second-order valence-corrected chi connectivity index (χ2v) is 6.87. The van der Waals surface area contributed by atoms with Crippen LogP contribution in [0, 0.1) is 5.92 Å². The Hall–Kier alpha value is -0.580. The molecular weight excluding hydrogens is 270 g/mol. The molecule has 102 valence electrons. The first-order chi connectivity index (χ1) is 8.38. The molecule has 0 aliphatic rings. The van der Waals surface area contributed by atoms with E-state index in [2.05, 4.69) is 4.72 Å². The Bertz CT molecular complexity index is 486. The molecule has 0 radical (unpaired) electrons. The van der Waals surface area contributed by atoms with Gasteiger partial charge in [-0.15, -0.1) is 11.6 Å². The van der Waals surface area contributed by atoms with E-state index in [1.807, 2.05) is 26.0 Å². The highest BCUT2D eigenvalue weighted by Crippen LogP contribution is 2.21. The van der Waals surface area contributed by atoms with Crippen LogP contribution in [0.4, 0.5) is 0 Å². The van der Waals surface area contributed by atoms with E-state index in [1.165, 1.54) is 0 Å². The first-order valence-electron chi connectivity index (χ1n) is 6.10. The summed E-state index contributed by atoms with van der Waals surface area (Å²) >= 11 is 6.23. The van der Waals surface area contributed by atoms with Crippen molar-refractivity contribution >= 4 is 21.6 Å². The van der Waals surface area contributed by atoms with E-state index in [-0.39, 0.29) is 5.38 Å². The maximum absolute atomic E-state index is 12.1. The van der Waals surface area contributed by atoms with Crippen LogP contribution in [0.3, 0.4) is 0 Å². The van der Waals surface area contributed by atoms with Gasteiger partial charge in [0.25, 0.3) is 0 Å². The minimum absolute atomic E-state index is 0.0667. The van der Waals surface area contributed by atoms with Gasteiger partial charge in [0, 0.05) is 11.9 Å². The van der Waals surface area contributed by atoms with Crippen LogP contribution in [0.25, 0.3) is 0 Å². The largest absolute Gasteiger partial charge is 0.240 e. The van der Waals surface area contributed by atoms with Crippen molar-refractivity contribution in [2.45, 2.75) is 37.5 Å². The number of hydrogen-bond acceptors (Lipinski definition) is 2. The van der Waals surface area contributed by atoms with Crippen molar-refractivity contribution in [1.29, 1.82) is 0 Å². The van der Waals surface area contributed by atoms with Crippen LogP contribution in [-0.4, -0.2) is 20.3 Å². The number of hydrogen-bond donors (Lipinski definition) is 1. The minimum atomic E-state index is -3.42. The van der Waals surface area contributed by atoms with Crippen molar-refractivity contribution in [3.05, 3.63) is 29.8 Å². The second kappa shape index (κ2) is 6.55. The highest BCUT2D eigenvalue weighted by Gasteiger charge is 2.19. The van der Waals surface area contributed by atoms with Gasteiger partial charge < -0.3 is 0 Å². The molecule has 0 saturated carbocycles. The van der Waals surface area contributed by atoms with E-state index < -0.39 is 10.0 Å². The molecule has 0 bridgehead atoms. The van der Waals surface area contributed by atoms with Crippen LogP contribution in [0.2, 0.25) is 0 Å². The quantitative estimate of drug-likeness (QED) is 0.819. The minimum Gasteiger partial charge on any atom is -0.211 e. The van der Waals surface area contributed by atoms with Gasteiger partial charge in [0.15, 0.2) is 0 Å². The molecule has 5 heteroatoms. The van der Waals surface area contributed by atoms with Crippen molar-refractivity contribution < 1.29 is 8.42 Å². The molecule has 1 N–H and O–H groups in total. The van der Waals surface area contributed by atoms with Crippen LogP contribution >= 0.6 is 11.6 Å². The lowest BCUT2D eigenvalue weighted by Crippen LogP contribution is -2.25. The number of nitrogens with one attached hydrogen (secondary N) is 1. The Morgan fingerprint density at radius 3 is 2.44 bits per heavy atom. The van der Waals surface area contributed by atoms with Crippen molar-refractivity contribution in [3.8, 4) is 0 Å². The fraction of sp³-hybridized carbons (Fsp3) is 0.538. The summed E-state index contributed by atoms with van der Waals surface area (Å²) in [7, 11) is -3.42. The Kier molecular flexibility index (Phi) is 5.63. The van der Waals surface area contributed by atoms with Gasteiger partial charge in [0.2, 0.25) is 10.0 Å². The normalized spacial score (nSPS) is 13.8. The van der Waals surface area contributed by atoms with Crippen molar-refractivity contribution in [1.82, 2.24) is 4.72 Å². The van der Waals surface area contributed by atoms with E-state index >= 15 is 0 Å². The molecule has 1 aromatic carbocycles. The average Bonchev–Trinajstić information content (AvgIpc) is 2.29. The van der Waals surface area contributed by atoms with Crippen LogP contribution in [0.5, 0.6) is 0 Å². The smallest absolute Gasteiger partial charge is 0.211 e. The highest BCUT2D eigenvalue weighted by atomic mass is 35.5. The van der Waals surface area contributed by atoms with Gasteiger partial charge in [-0.25, -0.2) is 13.1 Å². The molecule has 0 saturated heterocycles. The van der Waals surface area contributed by atoms with Crippen LogP contribution < -0.4 is 4.72 Å². The van der Waals surface area contributed by atoms with Crippen LogP contribution in [0.15, 0.2) is 29.2 Å². The number of rotatable bonds is 6. The second-order valence-electron chi connectivity index (χ2n) is 4.57. The summed E-state index contributed by atoms with van der Waals surface area (Å²) in [4.78, 5) is 0.332. The van der Waals surface area contributed by atoms with Crippen molar-refractivity contribution in [2.24, 2.45) is 5.92 Å². The van der Waals surface area contributed by atoms with Crippen molar-refractivity contribution in [3.63, 3.8) is 0 Å². The van der Waals surface area contributed by atoms with E-state index in [0.29, 0.717) is 23.8 Å². The zero-order valence-electron chi connectivity index (χ0n) is 11.0. The predicted molar refractivity (Wildman–Crippen MR) is 75.5 cm³/mol. The fourth-order valence-electron chi connectivity index (χ4n) is 1.65. The average molecular weight is 290 g/mol. The number of sulfonamides is 1. The first kappa shape index (κ1) is 15.5. The first-order valence-corrected chi connectivity index (χ1v) is 8.02. The Morgan fingerprint density at radius 2 is 1.89 bits per heavy atom. The molecule has 1 rings (SSSR count). The molecule has 0 spiro atoms. The Balaban J connectivity index is 3.07. The van der Waals surface area contributed by atoms with Gasteiger partial charge >= 0.3 is 0 Å². The van der Waals surface area contributed by atoms with Gasteiger partial charge in [-0.3, -0.25) is 0 Å². The maximum atomic E-state index is 12.1. The number of halogens is 1. The zero-order chi connectivity index (χ0) is 13.8. The molecule has 0 amide bonds. The van der Waals surface area contributed by atoms with Gasteiger partial charge in [0.05, 0.1) is 4.90 Å². The monoisotopic (exact) mass is 289 g/mol. The molecule has 0 heterocycles. The third kappa shape index (κ3) is 3.97. The number of benzene rings is 1. The summed E-state index contributed by atoms with van der Waals surface area (Å²) in [5.74, 6) is 0.307. The topological polar surface area (TPSA) is 46.2 Å². The van der Waals surface area contributed by atoms with Gasteiger partial charge in [-0.2, -0.15) is 0 Å². The Morgan fingerprint density at radius 1 is 1.28 bits per heavy atom. The molecule has 0 aromatic heterocycles. The summed E-state index contributed by atoms with van der Waals surface area (Å²) < 4.78 is 26.6. The fourth-order valence-corrected chi connectivity index (χ4v) is 3.10. The summed E-state index contributed by atoms with van der Waals surface area (Å²) in [6, 6.07) is 7.01. The molecular formula is C13H20ClNO2S. The summed E-state index contributed by atoms with van der Waals surface area (Å²) in [6.07, 6.45) is 0.556. The molecule has 3 nitrogen and oxygen atoms in total. The highest BCUT2D eigenvalue weighted by molar-refractivity contribution is 7.89. The van der Waals surface area contributed by atoms with Gasteiger partial charge in [-0.1, -0.05) is 39.0 Å². The standard InChI is InChI=1S/C13H20ClNO2S/c1-4-15-18(16,17)13-8-6-5-7-11(13)9-12(14)10(2)3/h5-8,10,12,15H,4,9H2,1-3H3. The summed E-state index contributed by atoms with van der Waals surface area (Å²) in [6.45, 7) is 6.20. The Labute approximate surface area is 115 Å². The zero-order valence-corrected chi connectivity index (χ0v) is 12.6. The lowest BCUT2D eigenvalue weighted by molar-refractivity contribution is 0.575. The van der Waals surface area contributed by atoms with Crippen LogP contribution in [0.1, 0.15) is 26.3 Å². The number of alkyl halides is 1. The molecule has 0 aliphatic heterocycles. The SMILES string of the molecule is CCNS(=O)(=O)c1ccccc1CC(Cl)C(C)C. The molecule has 1 unspecified atom stereocenters. The molecule has 0 aliphatic carbocycles. The molecule has 0 fully saturated rings. The summed E-state index contributed by atoms with van der Waals surface area (Å²) in [5, 5.41) is -0.0667. The molecule has 1 atom stereocenters. The van der Waals surface area contributed by atoms with E-state index in [0.717, 1.165) is 5.56 Å². The summed E-state index contributed by atoms with van der Waals surface area (Å²) in [5.41, 5.74) is 0.771. The maximum Gasteiger partial charge on any atom is 0.240 e. The van der Waals surface area contributed by atoms with Crippen LogP contribution in [-0.2, 0) is 16.4 Å². The van der Waals surface area contributed by atoms with Gasteiger partial charge in [0.1, 0.15) is 0 Å². The predicted octanol–water partition coefficient (Wildman–Crippen LogP) is 2.79. The van der Waals surface area contributed by atoms with E-state index in [9.17, 15) is 8.42 Å². The van der Waals surface area contributed by atoms with Crippen molar-refractivity contribution in [2.75, 3.05) is 6.54 Å². The van der Waals surface area contributed by atoms with Gasteiger partial charge in [-0.05, 0) is 24.0 Å². The third-order valence-corrected chi connectivity index (χ3v) is 5.04. The third-order valence-electron chi connectivity index (χ3n) is 2.73. The molecule has 1 aromatic rings. The van der Waals surface area contributed by atoms with E-state index in [4.69, 9.17) is 11.6 Å². The lowest BCUT2D eigenvalue weighted by Gasteiger charge is -2.16. The molecule has 18 heavy (non-hydrogen) atoms.